The van der Waals surface area contributed by atoms with Crippen molar-refractivity contribution < 1.29 is 4.52 Å². The number of imidazole rings is 1. The van der Waals surface area contributed by atoms with Gasteiger partial charge in [-0.15, -0.1) is 0 Å². The van der Waals surface area contributed by atoms with Crippen LogP contribution in [0.3, 0.4) is 0 Å². The van der Waals surface area contributed by atoms with Gasteiger partial charge in [-0.2, -0.15) is 4.98 Å². The molecule has 0 aromatic carbocycles. The van der Waals surface area contributed by atoms with E-state index in [9.17, 15) is 0 Å². The Labute approximate surface area is 120 Å². The second-order valence-corrected chi connectivity index (χ2v) is 5.01. The molecule has 1 aliphatic heterocycles. The number of hydrogen-bond acceptors (Lipinski definition) is 6. The summed E-state index contributed by atoms with van der Waals surface area (Å²) in [5.41, 5.74) is 3.11. The highest BCUT2D eigenvalue weighted by atomic mass is 16.5. The van der Waals surface area contributed by atoms with Crippen LogP contribution < -0.4 is 5.32 Å². The molecule has 0 spiro atoms. The summed E-state index contributed by atoms with van der Waals surface area (Å²) in [5, 5.41) is 7.41. The summed E-state index contributed by atoms with van der Waals surface area (Å²) < 4.78 is 5.38. The van der Waals surface area contributed by atoms with Gasteiger partial charge in [-0.05, 0) is 12.1 Å². The monoisotopic (exact) mass is 282 g/mol. The molecular weight excluding hydrogens is 268 g/mol. The number of nitrogens with one attached hydrogen (secondary N) is 2. The number of rotatable bonds is 3. The number of pyridine rings is 1. The molecule has 0 bridgehead atoms. The van der Waals surface area contributed by atoms with Crippen LogP contribution in [0.15, 0.2) is 35.2 Å². The van der Waals surface area contributed by atoms with E-state index in [-0.39, 0.29) is 6.04 Å². The van der Waals surface area contributed by atoms with Crippen LogP contribution in [-0.2, 0) is 19.4 Å². The Morgan fingerprint density at radius 1 is 1.29 bits per heavy atom. The van der Waals surface area contributed by atoms with E-state index in [2.05, 4.69) is 30.4 Å². The van der Waals surface area contributed by atoms with E-state index in [4.69, 9.17) is 4.52 Å². The van der Waals surface area contributed by atoms with Gasteiger partial charge in [0.15, 0.2) is 5.82 Å². The predicted molar refractivity (Wildman–Crippen MR) is 73.2 cm³/mol. The zero-order chi connectivity index (χ0) is 14.1. The van der Waals surface area contributed by atoms with Crippen molar-refractivity contribution in [2.75, 3.05) is 0 Å². The van der Waals surface area contributed by atoms with Crippen molar-refractivity contribution in [3.63, 3.8) is 0 Å². The number of H-pyrrole nitrogens is 1. The topological polar surface area (TPSA) is 92.5 Å². The highest BCUT2D eigenvalue weighted by molar-refractivity contribution is 5.18. The first kappa shape index (κ1) is 12.2. The van der Waals surface area contributed by atoms with Crippen molar-refractivity contribution in [1.29, 1.82) is 0 Å². The molecule has 21 heavy (non-hydrogen) atoms. The van der Waals surface area contributed by atoms with Crippen molar-refractivity contribution in [1.82, 2.24) is 30.4 Å². The highest BCUT2D eigenvalue weighted by Crippen LogP contribution is 2.22. The van der Waals surface area contributed by atoms with Crippen LogP contribution in [0, 0.1) is 0 Å². The van der Waals surface area contributed by atoms with Crippen LogP contribution in [0.2, 0.25) is 0 Å². The molecule has 1 aliphatic rings. The summed E-state index contributed by atoms with van der Waals surface area (Å²) >= 11 is 0. The smallest absolute Gasteiger partial charge is 0.244 e. The molecule has 0 saturated carbocycles. The van der Waals surface area contributed by atoms with Crippen LogP contribution in [-0.4, -0.2) is 25.1 Å². The maximum absolute atomic E-state index is 5.38. The Balaban J connectivity index is 1.50. The summed E-state index contributed by atoms with van der Waals surface area (Å²) in [6.07, 6.45) is 4.81. The van der Waals surface area contributed by atoms with Crippen LogP contribution >= 0.6 is 0 Å². The normalized spacial score (nSPS) is 17.6. The Morgan fingerprint density at radius 2 is 2.29 bits per heavy atom. The molecular formula is C14H14N6O. The van der Waals surface area contributed by atoms with E-state index in [0.717, 1.165) is 30.0 Å². The Morgan fingerprint density at radius 3 is 3.19 bits per heavy atom. The number of fused-ring (bicyclic) bond motifs is 1. The van der Waals surface area contributed by atoms with E-state index in [1.54, 1.807) is 12.5 Å². The van der Waals surface area contributed by atoms with Gasteiger partial charge in [-0.3, -0.25) is 10.3 Å². The van der Waals surface area contributed by atoms with Crippen molar-refractivity contribution in [3.05, 3.63) is 59.5 Å². The molecule has 2 N–H and O–H groups in total. The van der Waals surface area contributed by atoms with Crippen molar-refractivity contribution >= 4 is 0 Å². The van der Waals surface area contributed by atoms with Gasteiger partial charge in [0.25, 0.3) is 0 Å². The van der Waals surface area contributed by atoms with Crippen LogP contribution in [0.4, 0.5) is 0 Å². The molecule has 1 atom stereocenters. The zero-order valence-electron chi connectivity index (χ0n) is 11.3. The second kappa shape index (κ2) is 5.10. The predicted octanol–water partition coefficient (Wildman–Crippen LogP) is 1.17. The van der Waals surface area contributed by atoms with E-state index >= 15 is 0 Å². The molecule has 0 amide bonds. The summed E-state index contributed by atoms with van der Waals surface area (Å²) in [7, 11) is 0. The number of aromatic amines is 1. The van der Waals surface area contributed by atoms with Crippen LogP contribution in [0.25, 0.3) is 0 Å². The molecule has 4 heterocycles. The first-order chi connectivity index (χ1) is 10.4. The molecule has 7 heteroatoms. The third kappa shape index (κ3) is 2.43. The quantitative estimate of drug-likeness (QED) is 0.749. The molecule has 7 nitrogen and oxygen atoms in total. The van der Waals surface area contributed by atoms with E-state index in [1.807, 2.05) is 18.2 Å². The summed E-state index contributed by atoms with van der Waals surface area (Å²) in [6.45, 7) is 0.734. The third-order valence-corrected chi connectivity index (χ3v) is 3.58. The third-order valence-electron chi connectivity index (χ3n) is 3.58. The fourth-order valence-electron chi connectivity index (χ4n) is 2.49. The average Bonchev–Trinajstić information content (AvgIpc) is 3.16. The minimum absolute atomic E-state index is 0.0192. The number of nitrogens with zero attached hydrogens (tertiary/aromatic N) is 4. The molecule has 0 fully saturated rings. The van der Waals surface area contributed by atoms with Crippen LogP contribution in [0.1, 0.15) is 34.8 Å². The number of hydrogen-bond donors (Lipinski definition) is 2. The van der Waals surface area contributed by atoms with E-state index < -0.39 is 0 Å². The lowest BCUT2D eigenvalue weighted by molar-refractivity contribution is 0.317. The van der Waals surface area contributed by atoms with Gasteiger partial charge in [0.2, 0.25) is 5.89 Å². The van der Waals surface area contributed by atoms with Gasteiger partial charge in [0.05, 0.1) is 30.2 Å². The summed E-state index contributed by atoms with van der Waals surface area (Å²) in [5.74, 6) is 1.26. The van der Waals surface area contributed by atoms with Gasteiger partial charge in [0, 0.05) is 24.9 Å². The lowest BCUT2D eigenvalue weighted by atomic mass is 10.1. The molecule has 0 saturated heterocycles. The Hall–Kier alpha value is -2.54. The minimum atomic E-state index is 0.0192. The Bertz CT molecular complexity index is 735. The first-order valence-corrected chi connectivity index (χ1v) is 6.85. The molecule has 106 valence electrons. The maximum atomic E-state index is 5.38. The molecule has 3 aromatic rings. The standard InChI is InChI=1S/C14H14N6O/c1-2-4-15-9(3-1)5-13-19-14(21-20-13)11-6-10-12(7-16-11)18-8-17-10/h1-4,8,11,16H,5-7H2,(H,17,18). The minimum Gasteiger partial charge on any atom is -0.347 e. The molecule has 1 unspecified atom stereocenters. The van der Waals surface area contributed by atoms with Crippen molar-refractivity contribution in [2.24, 2.45) is 0 Å². The molecule has 0 aliphatic carbocycles. The van der Waals surface area contributed by atoms with Gasteiger partial charge in [0.1, 0.15) is 0 Å². The van der Waals surface area contributed by atoms with E-state index in [0.29, 0.717) is 18.1 Å². The molecule has 0 radical (unpaired) electrons. The zero-order valence-corrected chi connectivity index (χ0v) is 11.3. The fraction of sp³-hybridized carbons (Fsp3) is 0.286. The largest absolute Gasteiger partial charge is 0.347 e. The fourth-order valence-corrected chi connectivity index (χ4v) is 2.49. The average molecular weight is 282 g/mol. The highest BCUT2D eigenvalue weighted by Gasteiger charge is 2.25. The Kier molecular flexibility index (Phi) is 2.97. The van der Waals surface area contributed by atoms with Gasteiger partial charge in [-0.1, -0.05) is 11.2 Å². The van der Waals surface area contributed by atoms with Gasteiger partial charge < -0.3 is 9.51 Å². The second-order valence-electron chi connectivity index (χ2n) is 5.01. The van der Waals surface area contributed by atoms with Crippen LogP contribution in [0.5, 0.6) is 0 Å². The lowest BCUT2D eigenvalue weighted by Gasteiger charge is -2.19. The number of aromatic nitrogens is 5. The van der Waals surface area contributed by atoms with Gasteiger partial charge in [-0.25, -0.2) is 4.98 Å². The molecule has 4 rings (SSSR count). The van der Waals surface area contributed by atoms with Crippen molar-refractivity contribution in [2.45, 2.75) is 25.4 Å². The maximum Gasteiger partial charge on any atom is 0.244 e. The first-order valence-electron chi connectivity index (χ1n) is 6.85. The van der Waals surface area contributed by atoms with Gasteiger partial charge >= 0.3 is 0 Å². The summed E-state index contributed by atoms with van der Waals surface area (Å²) in [4.78, 5) is 16.2. The SMILES string of the molecule is c1ccc(Cc2noc(C3Cc4nc[nH]c4CN3)n2)nc1. The van der Waals surface area contributed by atoms with Crippen molar-refractivity contribution in [3.8, 4) is 0 Å². The molecule has 3 aromatic heterocycles. The van der Waals surface area contributed by atoms with E-state index in [1.165, 1.54) is 0 Å². The summed E-state index contributed by atoms with van der Waals surface area (Å²) in [6, 6.07) is 5.81. The lowest BCUT2D eigenvalue weighted by Crippen LogP contribution is -2.28.